The fourth-order valence-electron chi connectivity index (χ4n) is 2.94. The summed E-state index contributed by atoms with van der Waals surface area (Å²) in [4.78, 5) is 14.8. The molecule has 1 aliphatic rings. The number of likely N-dealkylation sites (N-methyl/N-ethyl adjacent to an activating group) is 1. The Kier molecular flexibility index (Phi) is 4.25. The number of carbonyl (C=O) groups excluding carboxylic acids is 1. The van der Waals surface area contributed by atoms with Gasteiger partial charge < -0.3 is 10.2 Å². The van der Waals surface area contributed by atoms with Crippen molar-refractivity contribution in [1.29, 1.82) is 0 Å². The third-order valence-electron chi connectivity index (χ3n) is 4.13. The number of benzene rings is 1. The first kappa shape index (κ1) is 14.1. The molecule has 0 aromatic heterocycles. The smallest absolute Gasteiger partial charge is 0.247 e. The fraction of sp³-hybridized carbons (Fsp3) is 0.562. The zero-order chi connectivity index (χ0) is 13.9. The zero-order valence-corrected chi connectivity index (χ0v) is 12.2. The van der Waals surface area contributed by atoms with Gasteiger partial charge in [-0.05, 0) is 57.4 Å². The van der Waals surface area contributed by atoms with Crippen LogP contribution < -0.4 is 10.2 Å². The van der Waals surface area contributed by atoms with Gasteiger partial charge in [0.1, 0.15) is 0 Å². The predicted molar refractivity (Wildman–Crippen MR) is 79.5 cm³/mol. The van der Waals surface area contributed by atoms with E-state index in [1.165, 1.54) is 5.56 Å². The van der Waals surface area contributed by atoms with E-state index in [1.54, 1.807) is 0 Å². The number of aryl methyl sites for hydroxylation is 1. The molecular formula is C16H24N2O. The molecule has 0 aliphatic carbocycles. The van der Waals surface area contributed by atoms with Gasteiger partial charge >= 0.3 is 0 Å². The molecule has 1 unspecified atom stereocenters. The van der Waals surface area contributed by atoms with E-state index in [9.17, 15) is 4.79 Å². The average molecular weight is 260 g/mol. The molecule has 3 heteroatoms. The van der Waals surface area contributed by atoms with Crippen molar-refractivity contribution in [2.45, 2.75) is 45.6 Å². The summed E-state index contributed by atoms with van der Waals surface area (Å²) in [7, 11) is 0. The molecule has 1 aromatic carbocycles. The monoisotopic (exact) mass is 260 g/mol. The quantitative estimate of drug-likeness (QED) is 0.903. The van der Waals surface area contributed by atoms with Crippen molar-refractivity contribution in [3.8, 4) is 0 Å². The molecule has 1 N–H and O–H groups in total. The van der Waals surface area contributed by atoms with Crippen molar-refractivity contribution in [2.75, 3.05) is 18.0 Å². The van der Waals surface area contributed by atoms with Crippen molar-refractivity contribution in [3.05, 3.63) is 29.8 Å². The molecular weight excluding hydrogens is 236 g/mol. The second-order valence-electron chi connectivity index (χ2n) is 5.35. The van der Waals surface area contributed by atoms with Gasteiger partial charge in [0, 0.05) is 12.2 Å². The highest BCUT2D eigenvalue weighted by molar-refractivity contribution is 6.00. The molecule has 3 nitrogen and oxygen atoms in total. The molecule has 0 spiro atoms. The summed E-state index contributed by atoms with van der Waals surface area (Å²) in [6, 6.07) is 8.18. The summed E-state index contributed by atoms with van der Waals surface area (Å²) in [6.07, 6.45) is 2.89. The number of amides is 1. The Hall–Kier alpha value is -1.35. The van der Waals surface area contributed by atoms with E-state index in [-0.39, 0.29) is 11.4 Å². The van der Waals surface area contributed by atoms with Crippen LogP contribution in [-0.2, 0) is 4.79 Å². The van der Waals surface area contributed by atoms with Crippen molar-refractivity contribution in [2.24, 2.45) is 0 Å². The third kappa shape index (κ3) is 2.66. The maximum absolute atomic E-state index is 12.9. The molecule has 104 valence electrons. The molecule has 1 heterocycles. The molecule has 0 saturated carbocycles. The van der Waals surface area contributed by atoms with Crippen molar-refractivity contribution in [3.63, 3.8) is 0 Å². The van der Waals surface area contributed by atoms with E-state index in [0.29, 0.717) is 6.54 Å². The van der Waals surface area contributed by atoms with Crippen LogP contribution in [0.3, 0.4) is 0 Å². The Balaban J connectivity index is 2.29. The van der Waals surface area contributed by atoms with Crippen LogP contribution in [0.1, 0.15) is 38.7 Å². The van der Waals surface area contributed by atoms with Gasteiger partial charge in [0.05, 0.1) is 5.54 Å². The lowest BCUT2D eigenvalue weighted by molar-refractivity contribution is -0.124. The Morgan fingerprint density at radius 1 is 1.42 bits per heavy atom. The first-order valence-electron chi connectivity index (χ1n) is 7.26. The summed E-state index contributed by atoms with van der Waals surface area (Å²) >= 11 is 0. The van der Waals surface area contributed by atoms with Gasteiger partial charge in [0.25, 0.3) is 0 Å². The van der Waals surface area contributed by atoms with E-state index in [4.69, 9.17) is 0 Å². The first-order valence-corrected chi connectivity index (χ1v) is 7.26. The SMILES string of the molecule is CCN(C(=O)C1(CC)CCCN1)c1cccc(C)c1. The van der Waals surface area contributed by atoms with Gasteiger partial charge in [-0.1, -0.05) is 19.1 Å². The Morgan fingerprint density at radius 3 is 2.74 bits per heavy atom. The number of hydrogen-bond acceptors (Lipinski definition) is 2. The van der Waals surface area contributed by atoms with E-state index in [2.05, 4.69) is 31.3 Å². The molecule has 0 bridgehead atoms. The van der Waals surface area contributed by atoms with Crippen LogP contribution in [0.15, 0.2) is 24.3 Å². The highest BCUT2D eigenvalue weighted by atomic mass is 16.2. The van der Waals surface area contributed by atoms with Crippen molar-refractivity contribution in [1.82, 2.24) is 5.32 Å². The second kappa shape index (κ2) is 5.74. The summed E-state index contributed by atoms with van der Waals surface area (Å²) < 4.78 is 0. The van der Waals surface area contributed by atoms with Crippen LogP contribution in [0.2, 0.25) is 0 Å². The van der Waals surface area contributed by atoms with E-state index in [1.807, 2.05) is 24.0 Å². The number of nitrogens with zero attached hydrogens (tertiary/aromatic N) is 1. The highest BCUT2D eigenvalue weighted by Crippen LogP contribution is 2.28. The van der Waals surface area contributed by atoms with Crippen molar-refractivity contribution < 1.29 is 4.79 Å². The largest absolute Gasteiger partial charge is 0.311 e. The summed E-state index contributed by atoms with van der Waals surface area (Å²) in [6.45, 7) is 7.86. The standard InChI is InChI=1S/C16H24N2O/c1-4-16(10-7-11-17-16)15(19)18(5-2)14-9-6-8-13(3)12-14/h6,8-9,12,17H,4-5,7,10-11H2,1-3H3. The lowest BCUT2D eigenvalue weighted by atomic mass is 9.92. The van der Waals surface area contributed by atoms with E-state index in [0.717, 1.165) is 31.5 Å². The molecule has 1 fully saturated rings. The second-order valence-corrected chi connectivity index (χ2v) is 5.35. The number of hydrogen-bond donors (Lipinski definition) is 1. The van der Waals surface area contributed by atoms with Gasteiger partial charge in [-0.3, -0.25) is 4.79 Å². The summed E-state index contributed by atoms with van der Waals surface area (Å²) in [5.74, 6) is 0.223. The fourth-order valence-corrected chi connectivity index (χ4v) is 2.94. The third-order valence-corrected chi connectivity index (χ3v) is 4.13. The number of carbonyl (C=O) groups is 1. The predicted octanol–water partition coefficient (Wildman–Crippen LogP) is 2.88. The number of anilines is 1. The first-order chi connectivity index (χ1) is 9.13. The average Bonchev–Trinajstić information content (AvgIpc) is 2.89. The Bertz CT molecular complexity index is 450. The topological polar surface area (TPSA) is 32.3 Å². The maximum Gasteiger partial charge on any atom is 0.247 e. The number of rotatable bonds is 4. The molecule has 1 aliphatic heterocycles. The normalized spacial score (nSPS) is 22.5. The highest BCUT2D eigenvalue weighted by Gasteiger charge is 2.41. The van der Waals surface area contributed by atoms with Crippen LogP contribution >= 0.6 is 0 Å². The maximum atomic E-state index is 12.9. The summed E-state index contributed by atoms with van der Waals surface area (Å²) in [5.41, 5.74) is 1.85. The minimum atomic E-state index is -0.347. The minimum Gasteiger partial charge on any atom is -0.311 e. The van der Waals surface area contributed by atoms with Crippen LogP contribution in [0.25, 0.3) is 0 Å². The van der Waals surface area contributed by atoms with E-state index >= 15 is 0 Å². The Labute approximate surface area is 116 Å². The van der Waals surface area contributed by atoms with Gasteiger partial charge in [-0.15, -0.1) is 0 Å². The number of nitrogens with one attached hydrogen (secondary N) is 1. The van der Waals surface area contributed by atoms with Crippen molar-refractivity contribution >= 4 is 11.6 Å². The zero-order valence-electron chi connectivity index (χ0n) is 12.2. The van der Waals surface area contributed by atoms with Crippen LogP contribution in [0.4, 0.5) is 5.69 Å². The van der Waals surface area contributed by atoms with Gasteiger partial charge in [-0.2, -0.15) is 0 Å². The minimum absolute atomic E-state index is 0.223. The molecule has 1 atom stereocenters. The lowest BCUT2D eigenvalue weighted by Gasteiger charge is -2.33. The van der Waals surface area contributed by atoms with Crippen LogP contribution in [-0.4, -0.2) is 24.5 Å². The molecule has 2 rings (SSSR count). The van der Waals surface area contributed by atoms with Gasteiger partial charge in [-0.25, -0.2) is 0 Å². The van der Waals surface area contributed by atoms with Gasteiger partial charge in [0.15, 0.2) is 0 Å². The molecule has 1 aromatic rings. The van der Waals surface area contributed by atoms with Crippen LogP contribution in [0, 0.1) is 6.92 Å². The molecule has 1 amide bonds. The Morgan fingerprint density at radius 2 is 2.21 bits per heavy atom. The molecule has 0 radical (unpaired) electrons. The van der Waals surface area contributed by atoms with Crippen LogP contribution in [0.5, 0.6) is 0 Å². The summed E-state index contributed by atoms with van der Waals surface area (Å²) in [5, 5.41) is 3.43. The van der Waals surface area contributed by atoms with E-state index < -0.39 is 0 Å². The lowest BCUT2D eigenvalue weighted by Crippen LogP contribution is -2.54. The van der Waals surface area contributed by atoms with Gasteiger partial charge in [0.2, 0.25) is 5.91 Å². The molecule has 19 heavy (non-hydrogen) atoms. The molecule has 1 saturated heterocycles.